The van der Waals surface area contributed by atoms with Gasteiger partial charge >= 0.3 is 0 Å². The van der Waals surface area contributed by atoms with Crippen LogP contribution in [0.2, 0.25) is 0 Å². The van der Waals surface area contributed by atoms with E-state index < -0.39 is 0 Å². The fourth-order valence-electron chi connectivity index (χ4n) is 3.22. The first-order chi connectivity index (χ1) is 16.5. The maximum atomic E-state index is 10.2. The molecule has 0 radical (unpaired) electrons. The summed E-state index contributed by atoms with van der Waals surface area (Å²) in [6.07, 6.45) is 3.23. The van der Waals surface area contributed by atoms with Crippen LogP contribution in [0.15, 0.2) is 94.9 Å². The zero-order chi connectivity index (χ0) is 23.9. The van der Waals surface area contributed by atoms with Gasteiger partial charge in [0.05, 0.1) is 18.5 Å². The van der Waals surface area contributed by atoms with E-state index in [0.29, 0.717) is 28.4 Å². The maximum Gasteiger partial charge on any atom is 0.166 e. The smallest absolute Gasteiger partial charge is 0.166 e. The number of aryl methyl sites for hydroxylation is 1. The number of phenols is 2. The molecule has 0 spiro atoms. The molecule has 0 bridgehead atoms. The molecule has 6 nitrogen and oxygen atoms in total. The van der Waals surface area contributed by atoms with Gasteiger partial charge in [-0.3, -0.25) is 9.98 Å². The van der Waals surface area contributed by atoms with Crippen LogP contribution in [0.3, 0.4) is 0 Å². The van der Waals surface area contributed by atoms with Gasteiger partial charge < -0.3 is 19.7 Å². The number of phenolic OH excluding ortho intramolecular Hbond substituents is 2. The minimum Gasteiger partial charge on any atom is -0.507 e. The summed E-state index contributed by atoms with van der Waals surface area (Å²) in [5, 5.41) is 20.2. The summed E-state index contributed by atoms with van der Waals surface area (Å²) in [7, 11) is 1.51. The fraction of sp³-hybridized carbons (Fsp3) is 0.0714. The van der Waals surface area contributed by atoms with Crippen molar-refractivity contribution in [3.63, 3.8) is 0 Å². The second-order valence-corrected chi connectivity index (χ2v) is 7.52. The number of methoxy groups -OCH3 is 1. The van der Waals surface area contributed by atoms with Gasteiger partial charge in [0, 0.05) is 23.6 Å². The number of aromatic hydroxyl groups is 2. The Hall–Kier alpha value is -4.58. The van der Waals surface area contributed by atoms with Crippen molar-refractivity contribution in [2.45, 2.75) is 6.92 Å². The molecule has 34 heavy (non-hydrogen) atoms. The molecule has 0 heterocycles. The summed E-state index contributed by atoms with van der Waals surface area (Å²) in [5.41, 5.74) is 3.52. The van der Waals surface area contributed by atoms with Crippen LogP contribution in [-0.4, -0.2) is 29.8 Å². The van der Waals surface area contributed by atoms with Gasteiger partial charge in [0.25, 0.3) is 0 Å². The molecule has 170 valence electrons. The van der Waals surface area contributed by atoms with Gasteiger partial charge in [-0.25, -0.2) is 0 Å². The highest BCUT2D eigenvalue weighted by Gasteiger charge is 2.05. The molecular formula is C28H24N2O4. The van der Waals surface area contributed by atoms with E-state index >= 15 is 0 Å². The first-order valence-electron chi connectivity index (χ1n) is 10.6. The van der Waals surface area contributed by atoms with Gasteiger partial charge in [-0.15, -0.1) is 0 Å². The van der Waals surface area contributed by atoms with Crippen molar-refractivity contribution in [1.29, 1.82) is 0 Å². The molecule has 0 unspecified atom stereocenters. The lowest BCUT2D eigenvalue weighted by Crippen LogP contribution is -1.88. The Bertz CT molecular complexity index is 1330. The maximum absolute atomic E-state index is 10.2. The quantitative estimate of drug-likeness (QED) is 0.305. The third-order valence-electron chi connectivity index (χ3n) is 5.13. The summed E-state index contributed by atoms with van der Waals surface area (Å²) in [6.45, 7) is 1.85. The number of nitrogens with zero attached hydrogens (tertiary/aromatic N) is 2. The van der Waals surface area contributed by atoms with Crippen LogP contribution in [0.1, 0.15) is 16.7 Å². The average Bonchev–Trinajstić information content (AvgIpc) is 2.86. The first-order valence-corrected chi connectivity index (χ1v) is 10.6. The minimum absolute atomic E-state index is 0.0529. The summed E-state index contributed by atoms with van der Waals surface area (Å²) in [5.74, 6) is 2.04. The number of hydrogen-bond donors (Lipinski definition) is 2. The first kappa shape index (κ1) is 22.6. The zero-order valence-corrected chi connectivity index (χ0v) is 18.8. The van der Waals surface area contributed by atoms with E-state index in [1.54, 1.807) is 30.6 Å². The highest BCUT2D eigenvalue weighted by Crippen LogP contribution is 2.29. The number of para-hydroxylation sites is 2. The average molecular weight is 453 g/mol. The van der Waals surface area contributed by atoms with Gasteiger partial charge in [0.1, 0.15) is 17.2 Å². The molecule has 4 aromatic carbocycles. The molecule has 0 saturated heterocycles. The Morgan fingerprint density at radius 3 is 1.68 bits per heavy atom. The predicted octanol–water partition coefficient (Wildman–Crippen LogP) is 6.71. The van der Waals surface area contributed by atoms with Crippen LogP contribution >= 0.6 is 0 Å². The Labute approximate surface area is 198 Å². The van der Waals surface area contributed by atoms with Gasteiger partial charge in [-0.2, -0.15) is 0 Å². The lowest BCUT2D eigenvalue weighted by Gasteiger charge is -2.07. The second-order valence-electron chi connectivity index (χ2n) is 7.52. The van der Waals surface area contributed by atoms with E-state index in [1.807, 2.05) is 73.7 Å². The predicted molar refractivity (Wildman–Crippen MR) is 135 cm³/mol. The summed E-state index contributed by atoms with van der Waals surface area (Å²) in [6, 6.07) is 25.5. The van der Waals surface area contributed by atoms with Crippen molar-refractivity contribution in [1.82, 2.24) is 0 Å². The molecule has 0 aromatic heterocycles. The largest absolute Gasteiger partial charge is 0.507 e. The van der Waals surface area contributed by atoms with Crippen molar-refractivity contribution in [3.05, 3.63) is 102 Å². The molecule has 0 atom stereocenters. The minimum atomic E-state index is 0.0529. The van der Waals surface area contributed by atoms with Crippen molar-refractivity contribution in [3.8, 4) is 28.7 Å². The van der Waals surface area contributed by atoms with Crippen LogP contribution < -0.4 is 9.47 Å². The van der Waals surface area contributed by atoms with E-state index in [1.165, 1.54) is 7.11 Å². The van der Waals surface area contributed by atoms with Gasteiger partial charge in [-0.1, -0.05) is 18.2 Å². The number of hydrogen-bond acceptors (Lipinski definition) is 6. The topological polar surface area (TPSA) is 83.6 Å². The van der Waals surface area contributed by atoms with E-state index in [-0.39, 0.29) is 11.5 Å². The van der Waals surface area contributed by atoms with Crippen molar-refractivity contribution in [2.24, 2.45) is 9.98 Å². The molecule has 4 rings (SSSR count). The Balaban J connectivity index is 1.39. The van der Waals surface area contributed by atoms with Crippen LogP contribution in [0, 0.1) is 6.92 Å². The summed E-state index contributed by atoms with van der Waals surface area (Å²) >= 11 is 0. The van der Waals surface area contributed by atoms with Gasteiger partial charge in [0.2, 0.25) is 0 Å². The summed E-state index contributed by atoms with van der Waals surface area (Å²) < 4.78 is 11.0. The SMILES string of the molecule is COc1cccc(C=Nc2ccc(Oc3ccc(N=Cc4cccc(C)c4O)cc3)cc2)c1O. The fourth-order valence-corrected chi connectivity index (χ4v) is 3.22. The summed E-state index contributed by atoms with van der Waals surface area (Å²) in [4.78, 5) is 8.82. The molecule has 0 amide bonds. The second kappa shape index (κ2) is 10.4. The molecule has 2 N–H and O–H groups in total. The number of benzene rings is 4. The third kappa shape index (κ3) is 5.42. The van der Waals surface area contributed by atoms with Gasteiger partial charge in [-0.05, 0) is 79.2 Å². The van der Waals surface area contributed by atoms with Crippen LogP contribution in [0.4, 0.5) is 11.4 Å². The van der Waals surface area contributed by atoms with E-state index in [2.05, 4.69) is 9.98 Å². The van der Waals surface area contributed by atoms with Crippen LogP contribution in [-0.2, 0) is 0 Å². The lowest BCUT2D eigenvalue weighted by molar-refractivity contribution is 0.373. The highest BCUT2D eigenvalue weighted by molar-refractivity contribution is 5.87. The monoisotopic (exact) mass is 452 g/mol. The standard InChI is InChI=1S/C28H24N2O4/c1-19-5-3-6-20(27(19)31)17-29-22-9-13-24(14-10-22)34-25-15-11-23(12-16-25)30-18-21-7-4-8-26(33-2)28(21)32/h3-18,31-32H,1-2H3. The van der Waals surface area contributed by atoms with E-state index in [9.17, 15) is 10.2 Å². The zero-order valence-electron chi connectivity index (χ0n) is 18.8. The van der Waals surface area contributed by atoms with Crippen molar-refractivity contribution >= 4 is 23.8 Å². The molecular weight excluding hydrogens is 428 g/mol. The molecule has 4 aromatic rings. The molecule has 0 aliphatic heterocycles. The lowest BCUT2D eigenvalue weighted by atomic mass is 10.1. The molecule has 0 fully saturated rings. The Morgan fingerprint density at radius 1 is 0.647 bits per heavy atom. The van der Waals surface area contributed by atoms with Crippen LogP contribution in [0.25, 0.3) is 0 Å². The molecule has 6 heteroatoms. The highest BCUT2D eigenvalue weighted by atomic mass is 16.5. The Morgan fingerprint density at radius 2 is 1.15 bits per heavy atom. The van der Waals surface area contributed by atoms with E-state index in [0.717, 1.165) is 16.9 Å². The van der Waals surface area contributed by atoms with Gasteiger partial charge in [0.15, 0.2) is 11.5 Å². The molecule has 0 aliphatic carbocycles. The molecule has 0 aliphatic rings. The third-order valence-corrected chi connectivity index (χ3v) is 5.13. The normalized spacial score (nSPS) is 11.2. The number of ether oxygens (including phenoxy) is 2. The number of rotatable bonds is 7. The van der Waals surface area contributed by atoms with Crippen molar-refractivity contribution < 1.29 is 19.7 Å². The Kier molecular flexibility index (Phi) is 6.89. The number of aliphatic imine (C=N–C) groups is 2. The van der Waals surface area contributed by atoms with Crippen molar-refractivity contribution in [2.75, 3.05) is 7.11 Å². The van der Waals surface area contributed by atoms with Crippen LogP contribution in [0.5, 0.6) is 28.7 Å². The van der Waals surface area contributed by atoms with E-state index in [4.69, 9.17) is 9.47 Å². The molecule has 0 saturated carbocycles.